The van der Waals surface area contributed by atoms with E-state index < -0.39 is 18.5 Å². The molecule has 0 bridgehead atoms. The zero-order valence-electron chi connectivity index (χ0n) is 15.1. The second-order valence-electron chi connectivity index (χ2n) is 4.50. The van der Waals surface area contributed by atoms with Crippen molar-refractivity contribution in [3.8, 4) is 11.3 Å². The van der Waals surface area contributed by atoms with Crippen LogP contribution in [0, 0.1) is 0 Å². The van der Waals surface area contributed by atoms with Gasteiger partial charge in [0.2, 0.25) is 0 Å². The predicted molar refractivity (Wildman–Crippen MR) is 85.0 cm³/mol. The SMILES string of the molecule is [2H]c1c(C=COCC)c(-c2ccccc2)nn(C(C)C([2H])[2H])c1=O. The zero-order valence-corrected chi connectivity index (χ0v) is 12.1. The van der Waals surface area contributed by atoms with Crippen LogP contribution in [0.1, 0.15) is 36.4 Å². The summed E-state index contributed by atoms with van der Waals surface area (Å²) < 4.78 is 29.5. The first kappa shape index (κ1) is 11.3. The van der Waals surface area contributed by atoms with Crippen LogP contribution in [0.4, 0.5) is 0 Å². The first-order chi connectivity index (χ1) is 11.5. The standard InChI is InChI=1S/C17H20N2O2/c1-4-21-11-10-15-12-16(20)19(13(2)3)18-17(15)14-8-6-5-7-9-14/h5-13H,4H2,1-3H3/i2D2,12D. The highest BCUT2D eigenvalue weighted by molar-refractivity contribution is 5.70. The Morgan fingerprint density at radius 3 is 2.90 bits per heavy atom. The van der Waals surface area contributed by atoms with Gasteiger partial charge in [-0.25, -0.2) is 4.68 Å². The highest BCUT2D eigenvalue weighted by Gasteiger charge is 2.11. The van der Waals surface area contributed by atoms with Crippen molar-refractivity contribution in [2.24, 2.45) is 0 Å². The lowest BCUT2D eigenvalue weighted by atomic mass is 10.1. The Bertz CT molecular complexity index is 773. The number of aromatic nitrogens is 2. The molecular formula is C17H20N2O2. The van der Waals surface area contributed by atoms with Crippen LogP contribution in [0.25, 0.3) is 17.3 Å². The number of hydrogen-bond acceptors (Lipinski definition) is 3. The summed E-state index contributed by atoms with van der Waals surface area (Å²) in [5.41, 5.74) is 0.927. The van der Waals surface area contributed by atoms with E-state index in [1.54, 1.807) is 13.0 Å². The van der Waals surface area contributed by atoms with E-state index in [9.17, 15) is 4.79 Å². The van der Waals surface area contributed by atoms with E-state index in [-0.39, 0.29) is 6.04 Å². The predicted octanol–water partition coefficient (Wildman–Crippen LogP) is 3.50. The summed E-state index contributed by atoms with van der Waals surface area (Å²) in [4.78, 5) is 12.4. The fourth-order valence-corrected chi connectivity index (χ4v) is 1.86. The van der Waals surface area contributed by atoms with E-state index in [0.717, 1.165) is 10.2 Å². The van der Waals surface area contributed by atoms with E-state index in [1.807, 2.05) is 37.3 Å². The highest BCUT2D eigenvalue weighted by atomic mass is 16.5. The molecular weight excluding hydrogens is 264 g/mol. The zero-order chi connectivity index (χ0) is 17.7. The van der Waals surface area contributed by atoms with Crippen LogP contribution in [0.3, 0.4) is 0 Å². The third kappa shape index (κ3) is 3.60. The number of rotatable bonds is 5. The molecule has 0 aliphatic heterocycles. The highest BCUT2D eigenvalue weighted by Crippen LogP contribution is 2.21. The Morgan fingerprint density at radius 2 is 2.24 bits per heavy atom. The topological polar surface area (TPSA) is 44.1 Å². The minimum atomic E-state index is -1.26. The van der Waals surface area contributed by atoms with Gasteiger partial charge in [0, 0.05) is 19.9 Å². The first-order valence-electron chi connectivity index (χ1n) is 8.44. The van der Waals surface area contributed by atoms with Crippen LogP contribution in [0.2, 0.25) is 0 Å². The second-order valence-corrected chi connectivity index (χ2v) is 4.50. The molecule has 1 unspecified atom stereocenters. The Labute approximate surface area is 128 Å². The summed E-state index contributed by atoms with van der Waals surface area (Å²) in [5.74, 6) is 0. The van der Waals surface area contributed by atoms with Gasteiger partial charge in [0.15, 0.2) is 0 Å². The number of nitrogens with zero attached hydrogens (tertiary/aromatic N) is 2. The maximum Gasteiger partial charge on any atom is 0.267 e. The van der Waals surface area contributed by atoms with E-state index in [1.165, 1.54) is 6.26 Å². The van der Waals surface area contributed by atoms with Crippen molar-refractivity contribution in [1.29, 1.82) is 0 Å². The molecule has 2 aromatic rings. The molecule has 0 spiro atoms. The molecule has 2 rings (SSSR count). The van der Waals surface area contributed by atoms with E-state index in [0.29, 0.717) is 17.9 Å². The van der Waals surface area contributed by atoms with Gasteiger partial charge in [-0.3, -0.25) is 4.79 Å². The molecule has 0 saturated carbocycles. The van der Waals surface area contributed by atoms with Crippen molar-refractivity contribution in [2.75, 3.05) is 6.61 Å². The first-order valence-corrected chi connectivity index (χ1v) is 6.78. The molecule has 0 amide bonds. The fourth-order valence-electron chi connectivity index (χ4n) is 1.86. The van der Waals surface area contributed by atoms with E-state index in [4.69, 9.17) is 8.85 Å². The van der Waals surface area contributed by atoms with Gasteiger partial charge in [0.1, 0.15) is 0 Å². The number of benzene rings is 1. The van der Waals surface area contributed by atoms with Gasteiger partial charge in [-0.1, -0.05) is 30.3 Å². The quantitative estimate of drug-likeness (QED) is 0.791. The monoisotopic (exact) mass is 287 g/mol. The summed E-state index contributed by atoms with van der Waals surface area (Å²) >= 11 is 0. The van der Waals surface area contributed by atoms with Crippen molar-refractivity contribution in [3.05, 3.63) is 58.6 Å². The van der Waals surface area contributed by atoms with Crippen molar-refractivity contribution in [3.63, 3.8) is 0 Å². The van der Waals surface area contributed by atoms with Gasteiger partial charge in [-0.05, 0) is 26.8 Å². The summed E-state index contributed by atoms with van der Waals surface area (Å²) in [7, 11) is 0. The van der Waals surface area contributed by atoms with Crippen LogP contribution in [-0.2, 0) is 4.74 Å². The second kappa shape index (κ2) is 6.88. The Balaban J connectivity index is 2.70. The van der Waals surface area contributed by atoms with E-state index >= 15 is 0 Å². The third-order valence-electron chi connectivity index (χ3n) is 2.84. The number of ether oxygens (including phenoxy) is 1. The van der Waals surface area contributed by atoms with Crippen LogP contribution >= 0.6 is 0 Å². The van der Waals surface area contributed by atoms with Crippen LogP contribution < -0.4 is 5.56 Å². The Kier molecular flexibility index (Phi) is 3.71. The molecule has 0 radical (unpaired) electrons. The Hall–Kier alpha value is -2.36. The molecule has 110 valence electrons. The lowest BCUT2D eigenvalue weighted by molar-refractivity contribution is 0.272. The van der Waals surface area contributed by atoms with Gasteiger partial charge in [-0.2, -0.15) is 5.10 Å². The maximum atomic E-state index is 12.4. The average Bonchev–Trinajstić information content (AvgIpc) is 2.59. The normalized spacial score (nSPS) is 14.7. The lowest BCUT2D eigenvalue weighted by Gasteiger charge is -2.12. The molecule has 0 aliphatic rings. The third-order valence-corrected chi connectivity index (χ3v) is 2.84. The molecule has 1 atom stereocenters. The molecule has 0 N–H and O–H groups in total. The summed E-state index contributed by atoms with van der Waals surface area (Å²) in [5, 5.41) is 4.34. The van der Waals surface area contributed by atoms with Crippen molar-refractivity contribution >= 4 is 6.08 Å². The van der Waals surface area contributed by atoms with E-state index in [2.05, 4.69) is 5.10 Å². The van der Waals surface area contributed by atoms with Crippen molar-refractivity contribution < 1.29 is 8.85 Å². The molecule has 0 saturated heterocycles. The smallest absolute Gasteiger partial charge is 0.267 e. The fraction of sp³-hybridized carbons (Fsp3) is 0.294. The lowest BCUT2D eigenvalue weighted by Crippen LogP contribution is -2.25. The van der Waals surface area contributed by atoms with Gasteiger partial charge in [0.25, 0.3) is 5.56 Å². The molecule has 4 nitrogen and oxygen atoms in total. The molecule has 0 aliphatic carbocycles. The molecule has 21 heavy (non-hydrogen) atoms. The van der Waals surface area contributed by atoms with Gasteiger partial charge in [0.05, 0.1) is 26.0 Å². The maximum absolute atomic E-state index is 12.4. The minimum absolute atomic E-state index is 0.229. The van der Waals surface area contributed by atoms with Gasteiger partial charge in [-0.15, -0.1) is 0 Å². The van der Waals surface area contributed by atoms with Gasteiger partial charge >= 0.3 is 0 Å². The largest absolute Gasteiger partial charge is 0.501 e. The van der Waals surface area contributed by atoms with Crippen LogP contribution in [0.5, 0.6) is 0 Å². The molecule has 0 fully saturated rings. The molecule has 1 aromatic carbocycles. The number of hydrogen-bond donors (Lipinski definition) is 0. The minimum Gasteiger partial charge on any atom is -0.501 e. The summed E-state index contributed by atoms with van der Waals surface area (Å²) in [6.07, 6.45) is 2.99. The van der Waals surface area contributed by atoms with Crippen LogP contribution in [0.15, 0.2) is 47.4 Å². The van der Waals surface area contributed by atoms with Crippen molar-refractivity contribution in [1.82, 2.24) is 9.78 Å². The van der Waals surface area contributed by atoms with Crippen LogP contribution in [-0.4, -0.2) is 16.4 Å². The molecule has 1 aromatic heterocycles. The Morgan fingerprint density at radius 1 is 1.48 bits per heavy atom. The summed E-state index contributed by atoms with van der Waals surface area (Å²) in [6.45, 7) is 2.63. The summed E-state index contributed by atoms with van der Waals surface area (Å²) in [6, 6.07) is 8.22. The molecule has 1 heterocycles. The van der Waals surface area contributed by atoms with Gasteiger partial charge < -0.3 is 4.74 Å². The molecule has 4 heteroatoms. The average molecular weight is 287 g/mol. The van der Waals surface area contributed by atoms with Crippen molar-refractivity contribution in [2.45, 2.75) is 26.8 Å².